The summed E-state index contributed by atoms with van der Waals surface area (Å²) >= 11 is 5.71. The zero-order valence-corrected chi connectivity index (χ0v) is 13.7. The van der Waals surface area contributed by atoms with Crippen molar-refractivity contribution in [2.75, 3.05) is 7.11 Å². The first kappa shape index (κ1) is 17.9. The molecular formula is C17H17ClN2O4. The normalized spacial score (nSPS) is 13.1. The summed E-state index contributed by atoms with van der Waals surface area (Å²) in [6, 6.07) is 11.0. The number of carbonyl (C=O) groups excluding carboxylic acids is 1. The van der Waals surface area contributed by atoms with Gasteiger partial charge >= 0.3 is 5.97 Å². The molecular weight excluding hydrogens is 332 g/mol. The van der Waals surface area contributed by atoms with Crippen LogP contribution in [-0.4, -0.2) is 35.1 Å². The fourth-order valence-corrected chi connectivity index (χ4v) is 2.34. The predicted molar refractivity (Wildman–Crippen MR) is 88.7 cm³/mol. The van der Waals surface area contributed by atoms with E-state index in [0.717, 1.165) is 0 Å². The summed E-state index contributed by atoms with van der Waals surface area (Å²) in [7, 11) is 1.40. The smallest absolute Gasteiger partial charge is 0.326 e. The van der Waals surface area contributed by atoms with Crippen molar-refractivity contribution in [2.45, 2.75) is 18.6 Å². The van der Waals surface area contributed by atoms with E-state index in [1.807, 2.05) is 6.07 Å². The highest BCUT2D eigenvalue weighted by atomic mass is 35.5. The Kier molecular flexibility index (Phi) is 6.28. The molecule has 0 unspecified atom stereocenters. The Bertz CT molecular complexity index is 691. The number of carboxylic acids is 1. The highest BCUT2D eigenvalue weighted by Gasteiger charge is 2.26. The summed E-state index contributed by atoms with van der Waals surface area (Å²) in [5.74, 6) is -1.65. The van der Waals surface area contributed by atoms with Crippen molar-refractivity contribution < 1.29 is 19.4 Å². The van der Waals surface area contributed by atoms with Crippen LogP contribution in [0, 0.1) is 0 Å². The molecule has 2 atom stereocenters. The van der Waals surface area contributed by atoms with Crippen LogP contribution in [0.25, 0.3) is 0 Å². The fraction of sp³-hybridized carbons (Fsp3) is 0.235. The first-order chi connectivity index (χ1) is 11.5. The van der Waals surface area contributed by atoms with Crippen LogP contribution in [0.3, 0.4) is 0 Å². The molecule has 0 saturated carbocycles. The number of aromatic nitrogens is 1. The number of hydrogen-bond donors (Lipinski definition) is 2. The number of amides is 1. The molecule has 1 heterocycles. The molecule has 0 aliphatic heterocycles. The Morgan fingerprint density at radius 2 is 1.96 bits per heavy atom. The van der Waals surface area contributed by atoms with Crippen molar-refractivity contribution in [3.63, 3.8) is 0 Å². The van der Waals surface area contributed by atoms with Crippen LogP contribution in [0.15, 0.2) is 48.7 Å². The number of benzene rings is 1. The topological polar surface area (TPSA) is 88.5 Å². The van der Waals surface area contributed by atoms with Gasteiger partial charge in [-0.3, -0.25) is 4.79 Å². The van der Waals surface area contributed by atoms with E-state index < -0.39 is 24.0 Å². The van der Waals surface area contributed by atoms with E-state index in [-0.39, 0.29) is 6.42 Å². The van der Waals surface area contributed by atoms with Gasteiger partial charge < -0.3 is 15.2 Å². The Balaban J connectivity index is 2.10. The third-order valence-electron chi connectivity index (χ3n) is 3.42. The van der Waals surface area contributed by atoms with E-state index in [1.165, 1.54) is 13.3 Å². The summed E-state index contributed by atoms with van der Waals surface area (Å²) < 4.78 is 5.21. The number of halogens is 1. The lowest BCUT2D eigenvalue weighted by Gasteiger charge is -2.19. The van der Waals surface area contributed by atoms with Crippen molar-refractivity contribution in [1.29, 1.82) is 0 Å². The molecule has 0 aliphatic rings. The standard InChI is InChI=1S/C17H17ClN2O4/c1-24-15(12-5-3-2-4-6-12)16(21)20-13(17(22)23)9-11-7-8-14(18)19-10-11/h2-8,10,13,15H,9H2,1H3,(H,20,21)(H,22,23)/t13-,15+/m0/s1. The number of nitrogens with zero attached hydrogens (tertiary/aromatic N) is 1. The van der Waals surface area contributed by atoms with Gasteiger partial charge in [0.05, 0.1) is 0 Å². The van der Waals surface area contributed by atoms with Crippen LogP contribution in [0.1, 0.15) is 17.2 Å². The summed E-state index contributed by atoms with van der Waals surface area (Å²) in [6.45, 7) is 0. The Hall–Kier alpha value is -2.44. The number of ether oxygens (including phenoxy) is 1. The Labute approximate surface area is 144 Å². The highest BCUT2D eigenvalue weighted by molar-refractivity contribution is 6.29. The van der Waals surface area contributed by atoms with E-state index in [0.29, 0.717) is 16.3 Å². The van der Waals surface area contributed by atoms with Crippen LogP contribution in [-0.2, 0) is 20.7 Å². The number of methoxy groups -OCH3 is 1. The van der Waals surface area contributed by atoms with Gasteiger partial charge in [0.25, 0.3) is 5.91 Å². The second kappa shape index (κ2) is 8.42. The van der Waals surface area contributed by atoms with E-state index in [1.54, 1.807) is 36.4 Å². The average molecular weight is 349 g/mol. The van der Waals surface area contributed by atoms with Crippen molar-refractivity contribution in [2.24, 2.45) is 0 Å². The number of pyridine rings is 1. The van der Waals surface area contributed by atoms with Gasteiger partial charge in [-0.2, -0.15) is 0 Å². The summed E-state index contributed by atoms with van der Waals surface area (Å²) in [5.41, 5.74) is 1.30. The van der Waals surface area contributed by atoms with Crippen molar-refractivity contribution in [3.05, 3.63) is 64.9 Å². The zero-order chi connectivity index (χ0) is 17.5. The average Bonchev–Trinajstić information content (AvgIpc) is 2.57. The zero-order valence-electron chi connectivity index (χ0n) is 13.0. The molecule has 0 spiro atoms. The molecule has 0 radical (unpaired) electrons. The molecule has 7 heteroatoms. The minimum Gasteiger partial charge on any atom is -0.480 e. The molecule has 2 rings (SSSR count). The molecule has 6 nitrogen and oxygen atoms in total. The third kappa shape index (κ3) is 4.78. The fourth-order valence-electron chi connectivity index (χ4n) is 2.23. The van der Waals surface area contributed by atoms with Crippen molar-refractivity contribution >= 4 is 23.5 Å². The van der Waals surface area contributed by atoms with Crippen molar-refractivity contribution in [3.8, 4) is 0 Å². The third-order valence-corrected chi connectivity index (χ3v) is 3.64. The van der Waals surface area contributed by atoms with E-state index in [2.05, 4.69) is 10.3 Å². The van der Waals surface area contributed by atoms with Crippen LogP contribution < -0.4 is 5.32 Å². The maximum absolute atomic E-state index is 12.4. The molecule has 1 amide bonds. The number of hydrogen-bond acceptors (Lipinski definition) is 4. The van der Waals surface area contributed by atoms with Gasteiger partial charge in [-0.1, -0.05) is 48.0 Å². The van der Waals surface area contributed by atoms with Gasteiger partial charge in [-0.15, -0.1) is 0 Å². The largest absolute Gasteiger partial charge is 0.480 e. The molecule has 1 aromatic heterocycles. The van der Waals surface area contributed by atoms with Gasteiger partial charge in [-0.25, -0.2) is 9.78 Å². The second-order valence-electron chi connectivity index (χ2n) is 5.12. The molecule has 0 bridgehead atoms. The molecule has 0 fully saturated rings. The maximum Gasteiger partial charge on any atom is 0.326 e. The van der Waals surface area contributed by atoms with Crippen LogP contribution in [0.2, 0.25) is 5.15 Å². The number of rotatable bonds is 7. The van der Waals surface area contributed by atoms with Crippen molar-refractivity contribution in [1.82, 2.24) is 10.3 Å². The SMILES string of the molecule is CO[C@@H](C(=O)N[C@@H](Cc1ccc(Cl)nc1)C(=O)O)c1ccccc1. The maximum atomic E-state index is 12.4. The van der Waals surface area contributed by atoms with Gasteiger partial charge in [0.15, 0.2) is 6.10 Å². The minimum atomic E-state index is -1.14. The van der Waals surface area contributed by atoms with Gasteiger partial charge in [0, 0.05) is 19.7 Å². The molecule has 24 heavy (non-hydrogen) atoms. The number of nitrogens with one attached hydrogen (secondary N) is 1. The van der Waals surface area contributed by atoms with Gasteiger partial charge in [0.1, 0.15) is 11.2 Å². The molecule has 0 saturated heterocycles. The summed E-state index contributed by atoms with van der Waals surface area (Å²) in [6.07, 6.45) is 0.697. The lowest BCUT2D eigenvalue weighted by atomic mass is 10.1. The quantitative estimate of drug-likeness (QED) is 0.749. The predicted octanol–water partition coefficient (Wildman–Crippen LogP) is 2.23. The summed E-state index contributed by atoms with van der Waals surface area (Å²) in [5, 5.41) is 12.2. The number of carboxylic acid groups (broad SMARTS) is 1. The van der Waals surface area contributed by atoms with Gasteiger partial charge in [-0.05, 0) is 17.2 Å². The molecule has 126 valence electrons. The van der Waals surface area contributed by atoms with Gasteiger partial charge in [0.2, 0.25) is 0 Å². The van der Waals surface area contributed by atoms with Crippen LogP contribution >= 0.6 is 11.6 Å². The molecule has 2 aromatic rings. The molecule has 0 aliphatic carbocycles. The lowest BCUT2D eigenvalue weighted by Crippen LogP contribution is -2.44. The highest BCUT2D eigenvalue weighted by Crippen LogP contribution is 2.17. The summed E-state index contributed by atoms with van der Waals surface area (Å²) in [4.78, 5) is 27.8. The minimum absolute atomic E-state index is 0.0937. The Morgan fingerprint density at radius 1 is 1.25 bits per heavy atom. The van der Waals surface area contributed by atoms with E-state index >= 15 is 0 Å². The molecule has 1 aromatic carbocycles. The van der Waals surface area contributed by atoms with Crippen LogP contribution in [0.5, 0.6) is 0 Å². The van der Waals surface area contributed by atoms with E-state index in [4.69, 9.17) is 16.3 Å². The Morgan fingerprint density at radius 3 is 2.50 bits per heavy atom. The second-order valence-corrected chi connectivity index (χ2v) is 5.51. The number of aliphatic carboxylic acids is 1. The van der Waals surface area contributed by atoms with Crippen LogP contribution in [0.4, 0.5) is 0 Å². The first-order valence-corrected chi connectivity index (χ1v) is 7.60. The monoisotopic (exact) mass is 348 g/mol. The molecule has 2 N–H and O–H groups in total. The number of carbonyl (C=O) groups is 2. The lowest BCUT2D eigenvalue weighted by molar-refractivity contribution is -0.144. The van der Waals surface area contributed by atoms with E-state index in [9.17, 15) is 14.7 Å². The first-order valence-electron chi connectivity index (χ1n) is 7.22.